The number of furan rings is 1. The molecular weight excluding hydrogens is 238 g/mol. The van der Waals surface area contributed by atoms with Crippen molar-refractivity contribution in [3.8, 4) is 0 Å². The van der Waals surface area contributed by atoms with Gasteiger partial charge in [0.15, 0.2) is 0 Å². The molecule has 0 fully saturated rings. The van der Waals surface area contributed by atoms with Crippen molar-refractivity contribution >= 4 is 0 Å². The molecule has 0 atom stereocenters. The van der Waals surface area contributed by atoms with Crippen molar-refractivity contribution in [3.63, 3.8) is 0 Å². The minimum absolute atomic E-state index is 0.894. The van der Waals surface area contributed by atoms with Gasteiger partial charge in [0, 0.05) is 25.2 Å². The lowest BCUT2D eigenvalue weighted by molar-refractivity contribution is 0.218. The standard InChI is InChI=1S/C15H29N3O/c1-5-7-18(9-8-17(3)4)12-15-10-14(13-19-15)11-16-6-2/h10,13,16H,5-9,11-12H2,1-4H3. The molecule has 0 radical (unpaired) electrons. The topological polar surface area (TPSA) is 31.6 Å². The van der Waals surface area contributed by atoms with Crippen LogP contribution in [0.15, 0.2) is 16.7 Å². The highest BCUT2D eigenvalue weighted by atomic mass is 16.3. The van der Waals surface area contributed by atoms with E-state index in [2.05, 4.69) is 49.1 Å². The summed E-state index contributed by atoms with van der Waals surface area (Å²) in [4.78, 5) is 4.68. The van der Waals surface area contributed by atoms with Crippen molar-refractivity contribution in [2.75, 3.05) is 40.3 Å². The Balaban J connectivity index is 2.45. The molecule has 19 heavy (non-hydrogen) atoms. The summed E-state index contributed by atoms with van der Waals surface area (Å²) in [6, 6.07) is 2.17. The molecule has 0 spiro atoms. The quantitative estimate of drug-likeness (QED) is 0.704. The van der Waals surface area contributed by atoms with E-state index < -0.39 is 0 Å². The fourth-order valence-corrected chi connectivity index (χ4v) is 2.02. The van der Waals surface area contributed by atoms with Gasteiger partial charge in [-0.1, -0.05) is 13.8 Å². The molecule has 1 heterocycles. The molecule has 110 valence electrons. The van der Waals surface area contributed by atoms with Crippen LogP contribution in [0.3, 0.4) is 0 Å². The zero-order valence-corrected chi connectivity index (χ0v) is 12.9. The predicted octanol–water partition coefficient (Wildman–Crippen LogP) is 2.16. The summed E-state index contributed by atoms with van der Waals surface area (Å²) in [5, 5.41) is 3.32. The second-order valence-corrected chi connectivity index (χ2v) is 5.28. The van der Waals surface area contributed by atoms with Gasteiger partial charge in [0.25, 0.3) is 0 Å². The molecular formula is C15H29N3O. The smallest absolute Gasteiger partial charge is 0.118 e. The van der Waals surface area contributed by atoms with Crippen LogP contribution >= 0.6 is 0 Å². The molecule has 0 saturated heterocycles. The maximum Gasteiger partial charge on any atom is 0.118 e. The Labute approximate surface area is 117 Å². The van der Waals surface area contributed by atoms with E-state index in [0.29, 0.717) is 0 Å². The Kier molecular flexibility index (Phi) is 7.79. The first-order chi connectivity index (χ1) is 9.15. The highest BCUT2D eigenvalue weighted by molar-refractivity contribution is 5.12. The van der Waals surface area contributed by atoms with Crippen LogP contribution in [-0.4, -0.2) is 50.1 Å². The second kappa shape index (κ2) is 9.13. The third-order valence-corrected chi connectivity index (χ3v) is 3.07. The van der Waals surface area contributed by atoms with Gasteiger partial charge in [-0.05, 0) is 39.7 Å². The minimum atomic E-state index is 0.894. The van der Waals surface area contributed by atoms with Gasteiger partial charge >= 0.3 is 0 Å². The average Bonchev–Trinajstić information content (AvgIpc) is 2.81. The lowest BCUT2D eigenvalue weighted by Crippen LogP contribution is -2.31. The number of likely N-dealkylation sites (N-methyl/N-ethyl adjacent to an activating group) is 1. The zero-order chi connectivity index (χ0) is 14.1. The van der Waals surface area contributed by atoms with Crippen molar-refractivity contribution in [3.05, 3.63) is 23.7 Å². The zero-order valence-electron chi connectivity index (χ0n) is 12.9. The van der Waals surface area contributed by atoms with Crippen molar-refractivity contribution in [1.82, 2.24) is 15.1 Å². The van der Waals surface area contributed by atoms with Crippen molar-refractivity contribution in [2.45, 2.75) is 33.4 Å². The van der Waals surface area contributed by atoms with E-state index in [4.69, 9.17) is 4.42 Å². The Bertz CT molecular complexity index is 336. The third-order valence-electron chi connectivity index (χ3n) is 3.07. The van der Waals surface area contributed by atoms with E-state index in [0.717, 1.165) is 45.0 Å². The highest BCUT2D eigenvalue weighted by Gasteiger charge is 2.09. The summed E-state index contributed by atoms with van der Waals surface area (Å²) < 4.78 is 5.65. The monoisotopic (exact) mass is 267 g/mol. The molecule has 0 unspecified atom stereocenters. The first kappa shape index (κ1) is 16.2. The molecule has 4 nitrogen and oxygen atoms in total. The summed E-state index contributed by atoms with van der Waals surface area (Å²) in [6.45, 7) is 10.4. The summed E-state index contributed by atoms with van der Waals surface area (Å²) in [5.41, 5.74) is 1.24. The molecule has 0 aromatic carbocycles. The van der Waals surface area contributed by atoms with E-state index in [1.165, 1.54) is 12.0 Å². The van der Waals surface area contributed by atoms with Gasteiger partial charge in [-0.2, -0.15) is 0 Å². The van der Waals surface area contributed by atoms with Crippen LogP contribution < -0.4 is 5.32 Å². The molecule has 0 aliphatic rings. The normalized spacial score (nSPS) is 11.7. The van der Waals surface area contributed by atoms with Crippen LogP contribution in [0.4, 0.5) is 0 Å². The number of rotatable bonds is 10. The summed E-state index contributed by atoms with van der Waals surface area (Å²) >= 11 is 0. The highest BCUT2D eigenvalue weighted by Crippen LogP contribution is 2.11. The van der Waals surface area contributed by atoms with Gasteiger partial charge in [-0.3, -0.25) is 4.90 Å². The number of hydrogen-bond acceptors (Lipinski definition) is 4. The van der Waals surface area contributed by atoms with Gasteiger partial charge in [-0.25, -0.2) is 0 Å². The minimum Gasteiger partial charge on any atom is -0.468 e. The Hall–Kier alpha value is -0.840. The van der Waals surface area contributed by atoms with Crippen LogP contribution in [0, 0.1) is 0 Å². The Morgan fingerprint density at radius 3 is 2.58 bits per heavy atom. The van der Waals surface area contributed by atoms with E-state index in [1.54, 1.807) is 0 Å². The number of nitrogens with zero attached hydrogens (tertiary/aromatic N) is 2. The fourth-order valence-electron chi connectivity index (χ4n) is 2.02. The van der Waals surface area contributed by atoms with Crippen LogP contribution in [0.5, 0.6) is 0 Å². The largest absolute Gasteiger partial charge is 0.468 e. The molecule has 0 aliphatic carbocycles. The Morgan fingerprint density at radius 2 is 1.95 bits per heavy atom. The van der Waals surface area contributed by atoms with Crippen molar-refractivity contribution < 1.29 is 4.42 Å². The molecule has 4 heteroatoms. The average molecular weight is 267 g/mol. The van der Waals surface area contributed by atoms with Crippen LogP contribution in [0.1, 0.15) is 31.6 Å². The summed E-state index contributed by atoms with van der Waals surface area (Å²) in [6.07, 6.45) is 3.05. The Morgan fingerprint density at radius 1 is 1.16 bits per heavy atom. The fraction of sp³-hybridized carbons (Fsp3) is 0.733. The van der Waals surface area contributed by atoms with Gasteiger partial charge in [0.1, 0.15) is 5.76 Å². The van der Waals surface area contributed by atoms with Gasteiger partial charge in [-0.15, -0.1) is 0 Å². The van der Waals surface area contributed by atoms with Crippen LogP contribution in [-0.2, 0) is 13.1 Å². The van der Waals surface area contributed by atoms with Crippen molar-refractivity contribution in [1.29, 1.82) is 0 Å². The number of hydrogen-bond donors (Lipinski definition) is 1. The lowest BCUT2D eigenvalue weighted by Gasteiger charge is -2.22. The number of nitrogens with one attached hydrogen (secondary N) is 1. The first-order valence-electron chi connectivity index (χ1n) is 7.29. The summed E-state index contributed by atoms with van der Waals surface area (Å²) in [7, 11) is 4.23. The van der Waals surface area contributed by atoms with Crippen LogP contribution in [0.25, 0.3) is 0 Å². The molecule has 1 aromatic heterocycles. The summed E-state index contributed by atoms with van der Waals surface area (Å²) in [5.74, 6) is 1.07. The van der Waals surface area contributed by atoms with Gasteiger partial charge in [0.05, 0.1) is 12.8 Å². The molecule has 0 saturated carbocycles. The van der Waals surface area contributed by atoms with Crippen molar-refractivity contribution in [2.24, 2.45) is 0 Å². The molecule has 1 aromatic rings. The molecule has 0 aliphatic heterocycles. The second-order valence-electron chi connectivity index (χ2n) is 5.28. The first-order valence-corrected chi connectivity index (χ1v) is 7.29. The molecule has 1 N–H and O–H groups in total. The van der Waals surface area contributed by atoms with E-state index >= 15 is 0 Å². The predicted molar refractivity (Wildman–Crippen MR) is 80.2 cm³/mol. The maximum absolute atomic E-state index is 5.65. The third kappa shape index (κ3) is 6.76. The molecule has 1 rings (SSSR count). The molecule has 0 amide bonds. The van der Waals surface area contributed by atoms with E-state index in [1.807, 2.05) is 6.26 Å². The van der Waals surface area contributed by atoms with Gasteiger partial charge in [0.2, 0.25) is 0 Å². The van der Waals surface area contributed by atoms with Gasteiger partial charge < -0.3 is 14.6 Å². The van der Waals surface area contributed by atoms with E-state index in [-0.39, 0.29) is 0 Å². The maximum atomic E-state index is 5.65. The SMILES string of the molecule is CCCN(CCN(C)C)Cc1cc(CNCC)co1. The lowest BCUT2D eigenvalue weighted by atomic mass is 10.3. The molecule has 0 bridgehead atoms. The van der Waals surface area contributed by atoms with E-state index in [9.17, 15) is 0 Å². The van der Waals surface area contributed by atoms with Crippen LogP contribution in [0.2, 0.25) is 0 Å².